The lowest BCUT2D eigenvalue weighted by molar-refractivity contribution is 0.0992. The van der Waals surface area contributed by atoms with Crippen LogP contribution in [0.15, 0.2) is 24.3 Å². The maximum absolute atomic E-state index is 11.7. The Balaban J connectivity index is 3.13. The van der Waals surface area contributed by atoms with E-state index in [-0.39, 0.29) is 5.78 Å². The van der Waals surface area contributed by atoms with Crippen LogP contribution in [0.25, 0.3) is 0 Å². The number of para-hydroxylation sites is 1. The van der Waals surface area contributed by atoms with Gasteiger partial charge in [0.25, 0.3) is 0 Å². The third kappa shape index (κ3) is 2.26. The lowest BCUT2D eigenvalue weighted by Gasteiger charge is -2.16. The molecule has 2 nitrogen and oxygen atoms in total. The van der Waals surface area contributed by atoms with Crippen LogP contribution in [-0.2, 0) is 0 Å². The van der Waals surface area contributed by atoms with Gasteiger partial charge in [-0.3, -0.25) is 4.79 Å². The molecule has 0 aromatic heterocycles. The summed E-state index contributed by atoms with van der Waals surface area (Å²) in [6, 6.07) is 7.47. The highest BCUT2D eigenvalue weighted by atomic mass is 35.5. The fourth-order valence-electron chi connectivity index (χ4n) is 1.29. The molecule has 0 radical (unpaired) electrons. The van der Waals surface area contributed by atoms with E-state index in [1.165, 1.54) is 0 Å². The number of hydrogen-bond acceptors (Lipinski definition) is 2. The Morgan fingerprint density at radius 1 is 1.36 bits per heavy atom. The molecule has 0 bridgehead atoms. The van der Waals surface area contributed by atoms with Crippen molar-refractivity contribution < 1.29 is 4.79 Å². The largest absolute Gasteiger partial charge is 0.377 e. The van der Waals surface area contributed by atoms with Gasteiger partial charge in [0.2, 0.25) is 0 Å². The number of hydrogen-bond donors (Lipinski definition) is 0. The molecule has 76 valence electrons. The van der Waals surface area contributed by atoms with Gasteiger partial charge < -0.3 is 4.90 Å². The molecule has 3 heteroatoms. The minimum atomic E-state index is -0.476. The summed E-state index contributed by atoms with van der Waals surface area (Å²) in [5.74, 6) is -0.0315. The number of carbonyl (C=O) groups excluding carboxylic acids is 1. The van der Waals surface area contributed by atoms with Gasteiger partial charge in [-0.15, -0.1) is 11.6 Å². The number of anilines is 1. The molecular formula is C11H14ClNO. The molecule has 1 atom stereocenters. The highest BCUT2D eigenvalue weighted by Crippen LogP contribution is 2.20. The predicted molar refractivity (Wildman–Crippen MR) is 60.4 cm³/mol. The van der Waals surface area contributed by atoms with E-state index in [4.69, 9.17) is 11.6 Å². The first-order valence-corrected chi connectivity index (χ1v) is 4.92. The van der Waals surface area contributed by atoms with Crippen molar-refractivity contribution in [2.75, 3.05) is 19.0 Å². The average molecular weight is 212 g/mol. The second kappa shape index (κ2) is 4.47. The minimum Gasteiger partial charge on any atom is -0.377 e. The normalized spacial score (nSPS) is 12.3. The Morgan fingerprint density at radius 2 is 1.93 bits per heavy atom. The van der Waals surface area contributed by atoms with Crippen LogP contribution in [0.3, 0.4) is 0 Å². The molecule has 1 unspecified atom stereocenters. The number of ketones is 1. The van der Waals surface area contributed by atoms with Crippen LogP contribution in [0.4, 0.5) is 5.69 Å². The van der Waals surface area contributed by atoms with Crippen LogP contribution < -0.4 is 4.90 Å². The highest BCUT2D eigenvalue weighted by Gasteiger charge is 2.16. The molecule has 0 N–H and O–H groups in total. The van der Waals surface area contributed by atoms with Crippen molar-refractivity contribution in [1.82, 2.24) is 0 Å². The van der Waals surface area contributed by atoms with Crippen molar-refractivity contribution in [3.8, 4) is 0 Å². The number of halogens is 1. The molecule has 0 amide bonds. The van der Waals surface area contributed by atoms with E-state index in [9.17, 15) is 4.79 Å². The summed E-state index contributed by atoms with van der Waals surface area (Å²) in [4.78, 5) is 13.6. The zero-order valence-corrected chi connectivity index (χ0v) is 9.38. The summed E-state index contributed by atoms with van der Waals surface area (Å²) in [6.07, 6.45) is 0. The summed E-state index contributed by atoms with van der Waals surface area (Å²) in [5, 5.41) is -0.476. The lowest BCUT2D eigenvalue weighted by atomic mass is 10.1. The summed E-state index contributed by atoms with van der Waals surface area (Å²) >= 11 is 5.77. The van der Waals surface area contributed by atoms with Crippen LogP contribution in [0.2, 0.25) is 0 Å². The SMILES string of the molecule is CC(Cl)C(=O)c1ccccc1N(C)C. The van der Waals surface area contributed by atoms with E-state index in [2.05, 4.69) is 0 Å². The van der Waals surface area contributed by atoms with E-state index >= 15 is 0 Å². The van der Waals surface area contributed by atoms with Crippen LogP contribution in [0.1, 0.15) is 17.3 Å². The van der Waals surface area contributed by atoms with Crippen molar-refractivity contribution in [1.29, 1.82) is 0 Å². The van der Waals surface area contributed by atoms with Crippen molar-refractivity contribution in [2.45, 2.75) is 12.3 Å². The highest BCUT2D eigenvalue weighted by molar-refractivity contribution is 6.34. The zero-order valence-electron chi connectivity index (χ0n) is 8.62. The number of carbonyl (C=O) groups is 1. The first kappa shape index (κ1) is 11.1. The predicted octanol–water partition coefficient (Wildman–Crippen LogP) is 2.56. The molecule has 1 aromatic rings. The fraction of sp³-hybridized carbons (Fsp3) is 0.364. The van der Waals surface area contributed by atoms with E-state index in [1.807, 2.05) is 37.2 Å². The Hall–Kier alpha value is -1.02. The third-order valence-electron chi connectivity index (χ3n) is 2.01. The minimum absolute atomic E-state index is 0.0315. The topological polar surface area (TPSA) is 20.3 Å². The van der Waals surface area contributed by atoms with Crippen LogP contribution in [0.5, 0.6) is 0 Å². The van der Waals surface area contributed by atoms with Gasteiger partial charge in [0.15, 0.2) is 5.78 Å². The number of benzene rings is 1. The van der Waals surface area contributed by atoms with Crippen LogP contribution in [-0.4, -0.2) is 25.3 Å². The fourth-order valence-corrected chi connectivity index (χ4v) is 1.40. The molecule has 0 saturated heterocycles. The number of rotatable bonds is 3. The quantitative estimate of drug-likeness (QED) is 0.566. The monoisotopic (exact) mass is 211 g/mol. The zero-order chi connectivity index (χ0) is 10.7. The molecule has 0 heterocycles. The summed E-state index contributed by atoms with van der Waals surface area (Å²) in [5.41, 5.74) is 1.59. The molecule has 0 spiro atoms. The van der Waals surface area contributed by atoms with Crippen molar-refractivity contribution in [2.24, 2.45) is 0 Å². The summed E-state index contributed by atoms with van der Waals surface area (Å²) in [6.45, 7) is 1.69. The first-order chi connectivity index (χ1) is 6.54. The Labute approximate surface area is 89.5 Å². The van der Waals surface area contributed by atoms with Gasteiger partial charge in [0, 0.05) is 25.3 Å². The molecular weight excluding hydrogens is 198 g/mol. The second-order valence-electron chi connectivity index (χ2n) is 3.39. The standard InChI is InChI=1S/C11H14ClNO/c1-8(12)11(14)9-6-4-5-7-10(9)13(2)3/h4-8H,1-3H3. The Morgan fingerprint density at radius 3 is 2.43 bits per heavy atom. The maximum atomic E-state index is 11.7. The van der Waals surface area contributed by atoms with Gasteiger partial charge in [-0.25, -0.2) is 0 Å². The van der Waals surface area contributed by atoms with E-state index in [0.717, 1.165) is 5.69 Å². The molecule has 14 heavy (non-hydrogen) atoms. The van der Waals surface area contributed by atoms with Crippen LogP contribution >= 0.6 is 11.6 Å². The van der Waals surface area contributed by atoms with E-state index < -0.39 is 5.38 Å². The molecule has 0 fully saturated rings. The van der Waals surface area contributed by atoms with E-state index in [1.54, 1.807) is 13.0 Å². The average Bonchev–Trinajstić information content (AvgIpc) is 2.16. The Bertz CT molecular complexity index is 334. The van der Waals surface area contributed by atoms with E-state index in [0.29, 0.717) is 5.56 Å². The molecule has 0 aliphatic rings. The van der Waals surface area contributed by atoms with Crippen LogP contribution in [0, 0.1) is 0 Å². The summed E-state index contributed by atoms with van der Waals surface area (Å²) in [7, 11) is 3.82. The van der Waals surface area contributed by atoms with Crippen molar-refractivity contribution >= 4 is 23.1 Å². The van der Waals surface area contributed by atoms with Gasteiger partial charge in [-0.05, 0) is 19.1 Å². The van der Waals surface area contributed by atoms with Gasteiger partial charge in [-0.1, -0.05) is 12.1 Å². The first-order valence-electron chi connectivity index (χ1n) is 4.48. The number of nitrogens with zero attached hydrogens (tertiary/aromatic N) is 1. The van der Waals surface area contributed by atoms with Crippen molar-refractivity contribution in [3.63, 3.8) is 0 Å². The molecule has 1 rings (SSSR count). The summed E-state index contributed by atoms with van der Waals surface area (Å²) < 4.78 is 0. The Kier molecular flexibility index (Phi) is 3.53. The number of alkyl halides is 1. The molecule has 1 aromatic carbocycles. The third-order valence-corrected chi connectivity index (χ3v) is 2.21. The molecule has 0 aliphatic heterocycles. The maximum Gasteiger partial charge on any atom is 0.182 e. The van der Waals surface area contributed by atoms with Gasteiger partial charge in [-0.2, -0.15) is 0 Å². The van der Waals surface area contributed by atoms with Gasteiger partial charge in [0.1, 0.15) is 0 Å². The van der Waals surface area contributed by atoms with Gasteiger partial charge >= 0.3 is 0 Å². The number of Topliss-reactive ketones (excluding diaryl/α,β-unsaturated/α-hetero) is 1. The van der Waals surface area contributed by atoms with Crippen molar-refractivity contribution in [3.05, 3.63) is 29.8 Å². The molecule has 0 aliphatic carbocycles. The smallest absolute Gasteiger partial charge is 0.182 e. The lowest BCUT2D eigenvalue weighted by Crippen LogP contribution is -2.17. The van der Waals surface area contributed by atoms with Gasteiger partial charge in [0.05, 0.1) is 5.38 Å². The second-order valence-corrected chi connectivity index (χ2v) is 4.05. The molecule has 0 saturated carbocycles.